The lowest BCUT2D eigenvalue weighted by Crippen LogP contribution is -2.23. The van der Waals surface area contributed by atoms with E-state index in [-0.39, 0.29) is 0 Å². The van der Waals surface area contributed by atoms with Gasteiger partial charge in [-0.25, -0.2) is 15.0 Å². The maximum Gasteiger partial charge on any atom is 0.181 e. The monoisotopic (exact) mass is 268 g/mol. The highest BCUT2D eigenvalue weighted by molar-refractivity contribution is 5.78. The van der Waals surface area contributed by atoms with Gasteiger partial charge in [-0.2, -0.15) is 0 Å². The van der Waals surface area contributed by atoms with Crippen LogP contribution in [-0.2, 0) is 6.54 Å². The fraction of sp³-hybridized carbons (Fsp3) is 0.267. The van der Waals surface area contributed by atoms with Crippen LogP contribution >= 0.6 is 0 Å². The smallest absolute Gasteiger partial charge is 0.181 e. The Balaban J connectivity index is 1.90. The van der Waals surface area contributed by atoms with Gasteiger partial charge in [0, 0.05) is 17.8 Å². The number of hydrogen-bond donors (Lipinski definition) is 1. The van der Waals surface area contributed by atoms with Crippen molar-refractivity contribution in [1.82, 2.24) is 20.3 Å². The molecule has 0 aliphatic rings. The van der Waals surface area contributed by atoms with Crippen LogP contribution in [0.5, 0.6) is 0 Å². The summed E-state index contributed by atoms with van der Waals surface area (Å²) in [5.41, 5.74) is 3.51. The van der Waals surface area contributed by atoms with Crippen molar-refractivity contribution in [2.24, 2.45) is 0 Å². The molecule has 3 rings (SSSR count). The molecule has 1 N–H and O–H groups in total. The number of hydrogen-bond acceptors (Lipinski definition) is 5. The Morgan fingerprint density at radius 1 is 1.20 bits per heavy atom. The zero-order valence-electron chi connectivity index (χ0n) is 11.5. The van der Waals surface area contributed by atoms with Crippen molar-refractivity contribution in [3.8, 4) is 11.3 Å². The fourth-order valence-corrected chi connectivity index (χ4v) is 1.95. The van der Waals surface area contributed by atoms with Crippen LogP contribution in [0.25, 0.3) is 22.4 Å². The van der Waals surface area contributed by atoms with E-state index in [4.69, 9.17) is 4.42 Å². The van der Waals surface area contributed by atoms with Crippen LogP contribution in [-0.4, -0.2) is 21.0 Å². The lowest BCUT2D eigenvalue weighted by atomic mass is 10.1. The van der Waals surface area contributed by atoms with E-state index < -0.39 is 0 Å². The Kier molecular flexibility index (Phi) is 3.43. The molecular weight excluding hydrogens is 252 g/mol. The molecule has 3 aromatic rings. The van der Waals surface area contributed by atoms with Gasteiger partial charge >= 0.3 is 0 Å². The molecule has 0 fully saturated rings. The molecular formula is C15H16N4O. The van der Waals surface area contributed by atoms with Gasteiger partial charge in [-0.1, -0.05) is 19.9 Å². The average Bonchev–Trinajstić information content (AvgIpc) is 2.93. The minimum Gasteiger partial charge on any atom is -0.443 e. The predicted octanol–water partition coefficient (Wildman–Crippen LogP) is 2.78. The van der Waals surface area contributed by atoms with E-state index in [2.05, 4.69) is 34.1 Å². The van der Waals surface area contributed by atoms with Crippen molar-refractivity contribution >= 4 is 11.1 Å². The normalized spacial score (nSPS) is 11.3. The van der Waals surface area contributed by atoms with Crippen molar-refractivity contribution in [3.63, 3.8) is 0 Å². The highest BCUT2D eigenvalue weighted by Crippen LogP contribution is 2.22. The number of oxazole rings is 1. The Hall–Kier alpha value is -2.27. The molecule has 0 atom stereocenters. The molecule has 5 nitrogen and oxygen atoms in total. The van der Waals surface area contributed by atoms with E-state index in [1.165, 1.54) is 6.39 Å². The van der Waals surface area contributed by atoms with Gasteiger partial charge < -0.3 is 9.73 Å². The number of benzene rings is 1. The summed E-state index contributed by atoms with van der Waals surface area (Å²) in [5, 5.41) is 3.31. The van der Waals surface area contributed by atoms with Gasteiger partial charge in [0.25, 0.3) is 0 Å². The molecule has 102 valence electrons. The molecule has 20 heavy (non-hydrogen) atoms. The summed E-state index contributed by atoms with van der Waals surface area (Å²) in [4.78, 5) is 13.0. The van der Waals surface area contributed by atoms with Crippen molar-refractivity contribution in [2.75, 3.05) is 0 Å². The quantitative estimate of drug-likeness (QED) is 0.788. The largest absolute Gasteiger partial charge is 0.443 e. The third kappa shape index (κ3) is 2.67. The number of rotatable bonds is 4. The van der Waals surface area contributed by atoms with Crippen LogP contribution in [0.3, 0.4) is 0 Å². The number of fused-ring (bicyclic) bond motifs is 1. The Bertz CT molecular complexity index is 720. The SMILES string of the molecule is CC(C)NCc1nccc(-c2ccc3ncoc3c2)n1. The van der Waals surface area contributed by atoms with E-state index in [1.54, 1.807) is 6.20 Å². The van der Waals surface area contributed by atoms with E-state index in [1.807, 2.05) is 24.3 Å². The third-order valence-corrected chi connectivity index (χ3v) is 3.00. The average molecular weight is 268 g/mol. The van der Waals surface area contributed by atoms with E-state index >= 15 is 0 Å². The molecule has 5 heteroatoms. The Morgan fingerprint density at radius 3 is 2.95 bits per heavy atom. The highest BCUT2D eigenvalue weighted by atomic mass is 16.3. The first kappa shape index (κ1) is 12.7. The summed E-state index contributed by atoms with van der Waals surface area (Å²) in [6, 6.07) is 8.18. The van der Waals surface area contributed by atoms with Gasteiger partial charge in [0.1, 0.15) is 11.3 Å². The molecule has 0 radical (unpaired) electrons. The molecule has 0 aliphatic heterocycles. The predicted molar refractivity (Wildman–Crippen MR) is 77.0 cm³/mol. The molecule has 0 saturated carbocycles. The Labute approximate surface area is 117 Å². The van der Waals surface area contributed by atoms with Crippen molar-refractivity contribution < 1.29 is 4.42 Å². The van der Waals surface area contributed by atoms with Gasteiger partial charge in [-0.05, 0) is 18.2 Å². The number of nitrogens with one attached hydrogen (secondary N) is 1. The second-order valence-corrected chi connectivity index (χ2v) is 4.93. The molecule has 0 aliphatic carbocycles. The van der Waals surface area contributed by atoms with Crippen LogP contribution in [0.15, 0.2) is 41.3 Å². The van der Waals surface area contributed by atoms with Crippen molar-refractivity contribution in [1.29, 1.82) is 0 Å². The highest BCUT2D eigenvalue weighted by Gasteiger charge is 2.06. The topological polar surface area (TPSA) is 63.8 Å². The molecule has 0 amide bonds. The molecule has 2 aromatic heterocycles. The number of aromatic nitrogens is 3. The maximum absolute atomic E-state index is 5.32. The summed E-state index contributed by atoms with van der Waals surface area (Å²) >= 11 is 0. The van der Waals surface area contributed by atoms with Crippen LogP contribution in [0.2, 0.25) is 0 Å². The maximum atomic E-state index is 5.32. The molecule has 2 heterocycles. The zero-order valence-corrected chi connectivity index (χ0v) is 11.5. The molecule has 1 aromatic carbocycles. The summed E-state index contributed by atoms with van der Waals surface area (Å²) in [7, 11) is 0. The van der Waals surface area contributed by atoms with Gasteiger partial charge in [0.15, 0.2) is 12.0 Å². The van der Waals surface area contributed by atoms with E-state index in [0.717, 1.165) is 28.2 Å². The first-order valence-electron chi connectivity index (χ1n) is 6.61. The second-order valence-electron chi connectivity index (χ2n) is 4.93. The molecule has 0 unspecified atom stereocenters. The summed E-state index contributed by atoms with van der Waals surface area (Å²) in [5.74, 6) is 0.786. The minimum absolute atomic E-state index is 0.410. The van der Waals surface area contributed by atoms with Crippen molar-refractivity contribution in [2.45, 2.75) is 26.4 Å². The first-order valence-corrected chi connectivity index (χ1v) is 6.61. The van der Waals surface area contributed by atoms with E-state index in [0.29, 0.717) is 12.6 Å². The van der Waals surface area contributed by atoms with Crippen LogP contribution in [0.1, 0.15) is 19.7 Å². The summed E-state index contributed by atoms with van der Waals surface area (Å²) in [6.45, 7) is 4.86. The minimum atomic E-state index is 0.410. The summed E-state index contributed by atoms with van der Waals surface area (Å²) in [6.07, 6.45) is 3.23. The van der Waals surface area contributed by atoms with E-state index in [9.17, 15) is 0 Å². The molecule has 0 spiro atoms. The molecule has 0 saturated heterocycles. The fourth-order valence-electron chi connectivity index (χ4n) is 1.95. The Morgan fingerprint density at radius 2 is 2.10 bits per heavy atom. The lowest BCUT2D eigenvalue weighted by Gasteiger charge is -2.08. The van der Waals surface area contributed by atoms with Crippen LogP contribution in [0.4, 0.5) is 0 Å². The van der Waals surface area contributed by atoms with Gasteiger partial charge in [-0.15, -0.1) is 0 Å². The lowest BCUT2D eigenvalue weighted by molar-refractivity contribution is 0.572. The standard InChI is InChI=1S/C15H16N4O/c1-10(2)17-8-15-16-6-5-12(19-15)11-3-4-13-14(7-11)20-9-18-13/h3-7,9-10,17H,8H2,1-2H3. The second kappa shape index (κ2) is 5.38. The third-order valence-electron chi connectivity index (χ3n) is 3.00. The van der Waals surface area contributed by atoms with Gasteiger partial charge in [0.2, 0.25) is 0 Å². The van der Waals surface area contributed by atoms with Gasteiger partial charge in [0.05, 0.1) is 12.2 Å². The van der Waals surface area contributed by atoms with Crippen molar-refractivity contribution in [3.05, 3.63) is 42.7 Å². The van der Waals surface area contributed by atoms with Gasteiger partial charge in [-0.3, -0.25) is 0 Å². The first-order chi connectivity index (χ1) is 9.72. The zero-order chi connectivity index (χ0) is 13.9. The van der Waals surface area contributed by atoms with Crippen LogP contribution < -0.4 is 5.32 Å². The summed E-state index contributed by atoms with van der Waals surface area (Å²) < 4.78 is 5.32. The van der Waals surface area contributed by atoms with Crippen LogP contribution in [0, 0.1) is 0 Å². The molecule has 0 bridgehead atoms. The number of nitrogens with zero attached hydrogens (tertiary/aromatic N) is 3.